The van der Waals surface area contributed by atoms with Crippen molar-refractivity contribution in [3.05, 3.63) is 24.0 Å². The van der Waals surface area contributed by atoms with E-state index >= 15 is 0 Å². The first-order valence-electron chi connectivity index (χ1n) is 5.20. The number of hydrogen-bond acceptors (Lipinski definition) is 3. The predicted molar refractivity (Wildman–Crippen MR) is 57.7 cm³/mol. The number of anilines is 1. The van der Waals surface area contributed by atoms with Gasteiger partial charge < -0.3 is 9.84 Å². The van der Waals surface area contributed by atoms with Crippen LogP contribution in [0.2, 0.25) is 0 Å². The van der Waals surface area contributed by atoms with Crippen LogP contribution in [0.1, 0.15) is 12.1 Å². The molecule has 2 aromatic rings. The Balaban J connectivity index is 1.98. The zero-order chi connectivity index (χ0) is 10.3. The second-order valence-electron chi connectivity index (χ2n) is 3.85. The molecule has 1 aliphatic rings. The number of nitrogens with zero attached hydrogens (tertiary/aromatic N) is 2. The third kappa shape index (κ3) is 1.42. The zero-order valence-corrected chi connectivity index (χ0v) is 8.66. The lowest BCUT2D eigenvalue weighted by atomic mass is 10.1. The summed E-state index contributed by atoms with van der Waals surface area (Å²) in [6, 6.07) is 4.08. The summed E-state index contributed by atoms with van der Waals surface area (Å²) in [7, 11) is 1.86. The summed E-state index contributed by atoms with van der Waals surface area (Å²) in [4.78, 5) is 4.59. The number of pyridine rings is 1. The Hall–Kier alpha value is -1.71. The Bertz CT molecular complexity index is 472. The van der Waals surface area contributed by atoms with E-state index in [1.807, 2.05) is 19.3 Å². The van der Waals surface area contributed by atoms with Gasteiger partial charge in [0.25, 0.3) is 0 Å². The summed E-state index contributed by atoms with van der Waals surface area (Å²) in [5.74, 6) is 0.853. The average Bonchev–Trinajstić information content (AvgIpc) is 2.24. The van der Waals surface area contributed by atoms with Crippen LogP contribution in [-0.4, -0.2) is 16.3 Å². The molecule has 0 bridgehead atoms. The fourth-order valence-electron chi connectivity index (χ4n) is 1.90. The minimum Gasteiger partial charge on any atom is -0.384 e. The van der Waals surface area contributed by atoms with Gasteiger partial charge in [0.2, 0.25) is 0 Å². The van der Waals surface area contributed by atoms with Gasteiger partial charge in [0, 0.05) is 13.6 Å². The van der Waals surface area contributed by atoms with Crippen LogP contribution >= 0.6 is 0 Å². The van der Waals surface area contributed by atoms with E-state index in [4.69, 9.17) is 4.52 Å². The van der Waals surface area contributed by atoms with Crippen LogP contribution in [-0.2, 0) is 13.5 Å². The second-order valence-corrected chi connectivity index (χ2v) is 3.85. The van der Waals surface area contributed by atoms with Gasteiger partial charge in [0.1, 0.15) is 5.69 Å². The lowest BCUT2D eigenvalue weighted by Gasteiger charge is -2.17. The van der Waals surface area contributed by atoms with Crippen molar-refractivity contribution in [3.63, 3.8) is 0 Å². The van der Waals surface area contributed by atoms with Crippen LogP contribution in [0.15, 0.2) is 22.9 Å². The fraction of sp³-hybridized carbons (Fsp3) is 0.364. The number of aromatic nitrogens is 2. The van der Waals surface area contributed by atoms with Crippen molar-refractivity contribution in [1.82, 2.24) is 9.72 Å². The van der Waals surface area contributed by atoms with Crippen molar-refractivity contribution >= 4 is 5.69 Å². The predicted octanol–water partition coefficient (Wildman–Crippen LogP) is 2.04. The van der Waals surface area contributed by atoms with Gasteiger partial charge in [-0.2, -0.15) is 0 Å². The third-order valence-corrected chi connectivity index (χ3v) is 2.67. The molecule has 0 aliphatic carbocycles. The van der Waals surface area contributed by atoms with E-state index in [0.29, 0.717) is 0 Å². The van der Waals surface area contributed by atoms with Crippen molar-refractivity contribution in [2.24, 2.45) is 7.05 Å². The molecule has 2 aromatic heterocycles. The minimum absolute atomic E-state index is 0.853. The molecular formula is C11H13N3O. The number of nitrogens with one attached hydrogen (secondary N) is 1. The molecule has 0 unspecified atom stereocenters. The Kier molecular flexibility index (Phi) is 1.80. The first kappa shape index (κ1) is 8.59. The van der Waals surface area contributed by atoms with Gasteiger partial charge in [-0.1, -0.05) is 0 Å². The minimum atomic E-state index is 0.853. The topological polar surface area (TPSA) is 43.0 Å². The molecule has 0 amide bonds. The van der Waals surface area contributed by atoms with Crippen LogP contribution in [0.3, 0.4) is 0 Å². The van der Waals surface area contributed by atoms with Gasteiger partial charge in [-0.05, 0) is 25.0 Å². The highest BCUT2D eigenvalue weighted by molar-refractivity contribution is 5.59. The molecule has 0 saturated carbocycles. The Labute approximate surface area is 87.9 Å². The van der Waals surface area contributed by atoms with E-state index in [9.17, 15) is 0 Å². The molecule has 1 aliphatic heterocycles. The third-order valence-electron chi connectivity index (χ3n) is 2.67. The number of hydrogen-bond donors (Lipinski definition) is 1. The number of rotatable bonds is 1. The van der Waals surface area contributed by atoms with Gasteiger partial charge in [0.15, 0.2) is 5.76 Å². The van der Waals surface area contributed by atoms with Crippen molar-refractivity contribution in [2.75, 3.05) is 11.9 Å². The van der Waals surface area contributed by atoms with E-state index in [1.165, 1.54) is 5.69 Å². The average molecular weight is 203 g/mol. The summed E-state index contributed by atoms with van der Waals surface area (Å²) < 4.78 is 7.00. The Morgan fingerprint density at radius 3 is 3.13 bits per heavy atom. The van der Waals surface area contributed by atoms with Crippen LogP contribution in [0.25, 0.3) is 11.5 Å². The quantitative estimate of drug-likeness (QED) is 0.771. The van der Waals surface area contributed by atoms with Crippen molar-refractivity contribution < 1.29 is 4.52 Å². The smallest absolute Gasteiger partial charge is 0.200 e. The van der Waals surface area contributed by atoms with E-state index in [1.54, 1.807) is 4.74 Å². The molecule has 4 heteroatoms. The fourth-order valence-corrected chi connectivity index (χ4v) is 1.90. The highest BCUT2D eigenvalue weighted by atomic mass is 16.5. The molecule has 0 saturated heterocycles. The summed E-state index contributed by atoms with van der Waals surface area (Å²) in [5, 5.41) is 3.34. The van der Waals surface area contributed by atoms with Crippen LogP contribution in [0, 0.1) is 0 Å². The van der Waals surface area contributed by atoms with E-state index in [0.717, 1.165) is 36.5 Å². The lowest BCUT2D eigenvalue weighted by Crippen LogP contribution is -2.13. The lowest BCUT2D eigenvalue weighted by molar-refractivity contribution is 0.257. The molecule has 0 aromatic carbocycles. The highest BCUT2D eigenvalue weighted by Crippen LogP contribution is 2.25. The van der Waals surface area contributed by atoms with Crippen molar-refractivity contribution in [2.45, 2.75) is 12.8 Å². The maximum atomic E-state index is 5.33. The van der Waals surface area contributed by atoms with Gasteiger partial charge >= 0.3 is 0 Å². The summed E-state index contributed by atoms with van der Waals surface area (Å²) in [6.07, 6.45) is 4.15. The summed E-state index contributed by atoms with van der Waals surface area (Å²) in [6.45, 7) is 1.05. The van der Waals surface area contributed by atoms with Crippen LogP contribution < -0.4 is 5.32 Å². The van der Waals surface area contributed by atoms with E-state index in [-0.39, 0.29) is 0 Å². The van der Waals surface area contributed by atoms with Crippen LogP contribution in [0.4, 0.5) is 5.69 Å². The second kappa shape index (κ2) is 3.15. The molecule has 0 fully saturated rings. The molecule has 1 N–H and O–H groups in total. The molecule has 4 nitrogen and oxygen atoms in total. The Morgan fingerprint density at radius 2 is 2.33 bits per heavy atom. The van der Waals surface area contributed by atoms with Gasteiger partial charge in [0.05, 0.1) is 17.6 Å². The monoisotopic (exact) mass is 203 g/mol. The molecular weight excluding hydrogens is 190 g/mol. The molecule has 3 heterocycles. The van der Waals surface area contributed by atoms with Crippen molar-refractivity contribution in [1.29, 1.82) is 0 Å². The van der Waals surface area contributed by atoms with Crippen molar-refractivity contribution in [3.8, 4) is 11.5 Å². The molecule has 0 atom stereocenters. The standard InChI is InChI=1S/C11H13N3O/c1-14-7-11(15-14)10-5-4-8-9(13-10)3-2-6-12-8/h4-5,7,12H,2-3,6H2,1H3. The summed E-state index contributed by atoms with van der Waals surface area (Å²) in [5.41, 5.74) is 3.24. The maximum Gasteiger partial charge on any atom is 0.200 e. The largest absolute Gasteiger partial charge is 0.384 e. The van der Waals surface area contributed by atoms with Crippen LogP contribution in [0.5, 0.6) is 0 Å². The number of fused-ring (bicyclic) bond motifs is 1. The summed E-state index contributed by atoms with van der Waals surface area (Å²) >= 11 is 0. The molecule has 78 valence electrons. The first-order valence-corrected chi connectivity index (χ1v) is 5.20. The van der Waals surface area contributed by atoms with E-state index < -0.39 is 0 Å². The normalized spacial score (nSPS) is 14.7. The highest BCUT2D eigenvalue weighted by Gasteiger charge is 2.13. The van der Waals surface area contributed by atoms with E-state index in [2.05, 4.69) is 16.4 Å². The maximum absolute atomic E-state index is 5.33. The zero-order valence-electron chi connectivity index (χ0n) is 8.66. The molecule has 3 rings (SSSR count). The first-order chi connectivity index (χ1) is 7.33. The molecule has 0 spiro atoms. The number of aryl methyl sites for hydroxylation is 2. The van der Waals surface area contributed by atoms with Gasteiger partial charge in [-0.15, -0.1) is 0 Å². The SMILES string of the molecule is Cn1cc(-c2ccc3c(n2)CCCN3)o1. The molecule has 15 heavy (non-hydrogen) atoms. The van der Waals surface area contributed by atoms with Gasteiger partial charge in [-0.3, -0.25) is 0 Å². The Morgan fingerprint density at radius 1 is 1.47 bits per heavy atom. The molecule has 0 radical (unpaired) electrons. The van der Waals surface area contributed by atoms with Gasteiger partial charge in [-0.25, -0.2) is 9.72 Å².